The van der Waals surface area contributed by atoms with Gasteiger partial charge < -0.3 is 10.5 Å². The van der Waals surface area contributed by atoms with E-state index in [0.29, 0.717) is 6.42 Å². The van der Waals surface area contributed by atoms with Crippen LogP contribution in [-0.2, 0) is 11.2 Å². The van der Waals surface area contributed by atoms with Gasteiger partial charge in [-0.2, -0.15) is 0 Å². The minimum atomic E-state index is -4.69. The van der Waals surface area contributed by atoms with Crippen LogP contribution in [0.15, 0.2) is 24.3 Å². The van der Waals surface area contributed by atoms with Crippen LogP contribution in [0.25, 0.3) is 0 Å². The molecule has 1 amide bonds. The molecule has 0 spiro atoms. The molecule has 1 aromatic rings. The van der Waals surface area contributed by atoms with E-state index < -0.39 is 12.3 Å². The van der Waals surface area contributed by atoms with Crippen LogP contribution in [0.5, 0.6) is 5.75 Å². The number of carbonyl (C=O) groups is 1. The maximum atomic E-state index is 11.9. The minimum Gasteiger partial charge on any atom is -0.406 e. The summed E-state index contributed by atoms with van der Waals surface area (Å²) < 4.78 is 39.3. The predicted molar refractivity (Wildman–Crippen MR) is 55.2 cm³/mol. The lowest BCUT2D eigenvalue weighted by Crippen LogP contribution is -2.22. The van der Waals surface area contributed by atoms with Crippen LogP contribution in [-0.4, -0.2) is 12.3 Å². The molecule has 1 atom stereocenters. The first-order chi connectivity index (χ1) is 7.78. The smallest absolute Gasteiger partial charge is 0.406 e. The molecule has 0 saturated heterocycles. The third kappa shape index (κ3) is 4.76. The van der Waals surface area contributed by atoms with Crippen LogP contribution in [0, 0.1) is 5.92 Å². The Bertz CT molecular complexity index is 387. The van der Waals surface area contributed by atoms with Gasteiger partial charge in [-0.05, 0) is 24.1 Å². The molecule has 3 nitrogen and oxygen atoms in total. The van der Waals surface area contributed by atoms with Crippen molar-refractivity contribution < 1.29 is 22.7 Å². The largest absolute Gasteiger partial charge is 0.573 e. The zero-order valence-corrected chi connectivity index (χ0v) is 9.12. The van der Waals surface area contributed by atoms with E-state index >= 15 is 0 Å². The van der Waals surface area contributed by atoms with E-state index in [1.165, 1.54) is 24.3 Å². The summed E-state index contributed by atoms with van der Waals surface area (Å²) >= 11 is 0. The summed E-state index contributed by atoms with van der Waals surface area (Å²) in [6.07, 6.45) is -4.30. The summed E-state index contributed by atoms with van der Waals surface area (Å²) in [4.78, 5) is 10.8. The van der Waals surface area contributed by atoms with E-state index in [2.05, 4.69) is 4.74 Å². The molecular formula is C11H12F3NO2. The Labute approximate surface area is 96.4 Å². The molecule has 0 fully saturated rings. The van der Waals surface area contributed by atoms with Crippen molar-refractivity contribution in [3.63, 3.8) is 0 Å². The molecule has 0 unspecified atom stereocenters. The molecule has 0 bridgehead atoms. The second kappa shape index (κ2) is 5.07. The number of alkyl halides is 3. The average Bonchev–Trinajstić information content (AvgIpc) is 2.18. The van der Waals surface area contributed by atoms with Crippen molar-refractivity contribution in [2.75, 3.05) is 0 Å². The zero-order chi connectivity index (χ0) is 13.1. The van der Waals surface area contributed by atoms with Gasteiger partial charge in [0.05, 0.1) is 0 Å². The molecule has 0 aliphatic carbocycles. The van der Waals surface area contributed by atoms with Crippen LogP contribution >= 0.6 is 0 Å². The van der Waals surface area contributed by atoms with Gasteiger partial charge in [0.1, 0.15) is 5.75 Å². The van der Waals surface area contributed by atoms with Crippen LogP contribution in [0.1, 0.15) is 12.5 Å². The quantitative estimate of drug-likeness (QED) is 0.887. The van der Waals surface area contributed by atoms with E-state index in [-0.39, 0.29) is 11.7 Å². The fraction of sp³-hybridized carbons (Fsp3) is 0.364. The number of hydrogen-bond donors (Lipinski definition) is 1. The molecule has 1 rings (SSSR count). The van der Waals surface area contributed by atoms with Crippen molar-refractivity contribution in [3.05, 3.63) is 29.8 Å². The maximum absolute atomic E-state index is 11.9. The molecule has 0 radical (unpaired) electrons. The van der Waals surface area contributed by atoms with Crippen molar-refractivity contribution in [1.29, 1.82) is 0 Å². The average molecular weight is 247 g/mol. The summed E-state index contributed by atoms with van der Waals surface area (Å²) in [5.74, 6) is -1.09. The number of hydrogen-bond acceptors (Lipinski definition) is 2. The number of benzene rings is 1. The number of carbonyl (C=O) groups excluding carboxylic acids is 1. The molecule has 94 valence electrons. The number of amides is 1. The Kier molecular flexibility index (Phi) is 3.98. The number of rotatable bonds is 4. The number of halogens is 3. The third-order valence-corrected chi connectivity index (χ3v) is 2.18. The van der Waals surface area contributed by atoms with Gasteiger partial charge in [-0.15, -0.1) is 13.2 Å². The summed E-state index contributed by atoms with van der Waals surface area (Å²) in [6, 6.07) is 5.36. The Hall–Kier alpha value is -1.72. The SMILES string of the molecule is C[C@H](Cc1ccc(OC(F)(F)F)cc1)C(N)=O. The molecule has 17 heavy (non-hydrogen) atoms. The van der Waals surface area contributed by atoms with Crippen LogP contribution < -0.4 is 10.5 Å². The monoisotopic (exact) mass is 247 g/mol. The van der Waals surface area contributed by atoms with Gasteiger partial charge in [-0.3, -0.25) is 4.79 Å². The van der Waals surface area contributed by atoms with Crippen molar-refractivity contribution in [3.8, 4) is 5.75 Å². The molecule has 0 saturated carbocycles. The van der Waals surface area contributed by atoms with E-state index in [4.69, 9.17) is 5.73 Å². The fourth-order valence-electron chi connectivity index (χ4n) is 1.28. The highest BCUT2D eigenvalue weighted by Gasteiger charge is 2.30. The molecule has 6 heteroatoms. The third-order valence-electron chi connectivity index (χ3n) is 2.18. The van der Waals surface area contributed by atoms with Gasteiger partial charge in [-0.1, -0.05) is 19.1 Å². The van der Waals surface area contributed by atoms with Crippen molar-refractivity contribution in [2.24, 2.45) is 11.7 Å². The predicted octanol–water partition coefficient (Wildman–Crippen LogP) is 2.25. The maximum Gasteiger partial charge on any atom is 0.573 e. The van der Waals surface area contributed by atoms with Crippen molar-refractivity contribution in [2.45, 2.75) is 19.7 Å². The molecule has 1 aromatic carbocycles. The summed E-state index contributed by atoms with van der Waals surface area (Å²) in [5, 5.41) is 0. The number of primary amides is 1. The molecule has 0 aliphatic heterocycles. The summed E-state index contributed by atoms with van der Waals surface area (Å²) in [5.41, 5.74) is 5.81. The van der Waals surface area contributed by atoms with E-state index in [0.717, 1.165) is 5.56 Å². The molecular weight excluding hydrogens is 235 g/mol. The van der Waals surface area contributed by atoms with Crippen molar-refractivity contribution >= 4 is 5.91 Å². The van der Waals surface area contributed by atoms with Crippen LogP contribution in [0.3, 0.4) is 0 Å². The van der Waals surface area contributed by atoms with E-state index in [1.807, 2.05) is 0 Å². The lowest BCUT2D eigenvalue weighted by molar-refractivity contribution is -0.274. The Morgan fingerprint density at radius 3 is 2.29 bits per heavy atom. The van der Waals surface area contributed by atoms with Gasteiger partial charge in [0.2, 0.25) is 5.91 Å². The van der Waals surface area contributed by atoms with Gasteiger partial charge in [-0.25, -0.2) is 0 Å². The minimum absolute atomic E-state index is 0.284. The highest BCUT2D eigenvalue weighted by Crippen LogP contribution is 2.23. The topological polar surface area (TPSA) is 52.3 Å². The van der Waals surface area contributed by atoms with Crippen molar-refractivity contribution in [1.82, 2.24) is 0 Å². The standard InChI is InChI=1S/C11H12F3NO2/c1-7(10(15)16)6-8-2-4-9(5-3-8)17-11(12,13)14/h2-5,7H,6H2,1H3,(H2,15,16)/t7-/m1/s1. The zero-order valence-electron chi connectivity index (χ0n) is 9.12. The molecule has 0 heterocycles. The Morgan fingerprint density at radius 2 is 1.88 bits per heavy atom. The summed E-state index contributed by atoms with van der Waals surface area (Å²) in [6.45, 7) is 1.66. The first kappa shape index (κ1) is 13.3. The van der Waals surface area contributed by atoms with Gasteiger partial charge in [0, 0.05) is 5.92 Å². The highest BCUT2D eigenvalue weighted by molar-refractivity contribution is 5.76. The van der Waals surface area contributed by atoms with E-state index in [1.54, 1.807) is 6.92 Å². The second-order valence-electron chi connectivity index (χ2n) is 3.70. The first-order valence-electron chi connectivity index (χ1n) is 4.92. The van der Waals surface area contributed by atoms with E-state index in [9.17, 15) is 18.0 Å². The second-order valence-corrected chi connectivity index (χ2v) is 3.70. The number of ether oxygens (including phenoxy) is 1. The van der Waals surface area contributed by atoms with Gasteiger partial charge in [0.25, 0.3) is 0 Å². The number of nitrogens with two attached hydrogens (primary N) is 1. The first-order valence-corrected chi connectivity index (χ1v) is 4.92. The Morgan fingerprint density at radius 1 is 1.35 bits per heavy atom. The lowest BCUT2D eigenvalue weighted by atomic mass is 10.0. The Balaban J connectivity index is 2.65. The van der Waals surface area contributed by atoms with Gasteiger partial charge in [0.15, 0.2) is 0 Å². The normalized spacial score (nSPS) is 13.2. The van der Waals surface area contributed by atoms with Crippen LogP contribution in [0.2, 0.25) is 0 Å². The molecule has 2 N–H and O–H groups in total. The molecule has 0 aromatic heterocycles. The lowest BCUT2D eigenvalue weighted by Gasteiger charge is -2.10. The molecule has 0 aliphatic rings. The van der Waals surface area contributed by atoms with Crippen LogP contribution in [0.4, 0.5) is 13.2 Å². The fourth-order valence-corrected chi connectivity index (χ4v) is 1.28. The summed E-state index contributed by atoms with van der Waals surface area (Å²) in [7, 11) is 0. The highest BCUT2D eigenvalue weighted by atomic mass is 19.4. The van der Waals surface area contributed by atoms with Gasteiger partial charge >= 0.3 is 6.36 Å².